The van der Waals surface area contributed by atoms with E-state index >= 15 is 0 Å². The van der Waals surface area contributed by atoms with Crippen molar-refractivity contribution in [3.8, 4) is 0 Å². The minimum Gasteiger partial charge on any atom is -0.370 e. The molecule has 0 aliphatic heterocycles. The summed E-state index contributed by atoms with van der Waals surface area (Å²) in [5.41, 5.74) is 6.97. The van der Waals surface area contributed by atoms with E-state index in [-0.39, 0.29) is 30.8 Å². The van der Waals surface area contributed by atoms with Gasteiger partial charge in [-0.1, -0.05) is 34.4 Å². The van der Waals surface area contributed by atoms with E-state index in [0.29, 0.717) is 15.7 Å². The molecule has 4 N–H and O–H groups in total. The largest absolute Gasteiger partial charge is 0.370 e. The highest BCUT2D eigenvalue weighted by Gasteiger charge is 2.13. The Morgan fingerprint density at radius 1 is 1.38 bits per heavy atom. The number of hydrogen-bond acceptors (Lipinski definition) is 5. The molecule has 142 valence electrons. The first-order valence-corrected chi connectivity index (χ1v) is 10.1. The number of guanidine groups is 1. The van der Waals surface area contributed by atoms with Crippen molar-refractivity contribution in [1.29, 1.82) is 0 Å². The van der Waals surface area contributed by atoms with Crippen LogP contribution in [0.3, 0.4) is 0 Å². The van der Waals surface area contributed by atoms with E-state index in [4.69, 9.17) is 28.9 Å². The summed E-state index contributed by atoms with van der Waals surface area (Å²) in [6.07, 6.45) is 1.32. The highest BCUT2D eigenvalue weighted by Crippen LogP contribution is 2.25. The predicted octanol–water partition coefficient (Wildman–Crippen LogP) is 2.07. The summed E-state index contributed by atoms with van der Waals surface area (Å²) in [4.78, 5) is 4.09. The molecule has 0 bridgehead atoms. The lowest BCUT2D eigenvalue weighted by atomic mass is 10.1. The van der Waals surface area contributed by atoms with Gasteiger partial charge < -0.3 is 15.6 Å². The number of hydrogen-bond donors (Lipinski definition) is 3. The summed E-state index contributed by atoms with van der Waals surface area (Å²) in [7, 11) is -3.51. The topological polar surface area (TPSA) is 123 Å². The number of sulfonamides is 1. The number of rotatable bonds is 8. The van der Waals surface area contributed by atoms with Crippen molar-refractivity contribution < 1.29 is 12.9 Å². The lowest BCUT2D eigenvalue weighted by Crippen LogP contribution is -2.35. The number of aliphatic imine (C=N–C) groups is 1. The van der Waals surface area contributed by atoms with Crippen molar-refractivity contribution in [3.05, 3.63) is 51.8 Å². The number of halogens is 2. The van der Waals surface area contributed by atoms with Crippen molar-refractivity contribution in [2.24, 2.45) is 10.7 Å². The number of benzene rings is 1. The first-order chi connectivity index (χ1) is 12.3. The van der Waals surface area contributed by atoms with Gasteiger partial charge in [0, 0.05) is 22.7 Å². The van der Waals surface area contributed by atoms with Crippen LogP contribution >= 0.6 is 23.2 Å². The highest BCUT2D eigenvalue weighted by atomic mass is 35.5. The van der Waals surface area contributed by atoms with E-state index in [1.165, 1.54) is 12.3 Å². The molecule has 2 aromatic rings. The van der Waals surface area contributed by atoms with Gasteiger partial charge >= 0.3 is 0 Å². The molecular formula is C15H19Cl2N5O3S. The second-order valence-corrected chi connectivity index (χ2v) is 8.09. The lowest BCUT2D eigenvalue weighted by molar-refractivity contribution is 0.413. The van der Waals surface area contributed by atoms with Gasteiger partial charge in [0.25, 0.3) is 0 Å². The Bertz CT molecular complexity index is 856. The Morgan fingerprint density at radius 3 is 2.81 bits per heavy atom. The summed E-state index contributed by atoms with van der Waals surface area (Å²) < 4.78 is 30.7. The van der Waals surface area contributed by atoms with Gasteiger partial charge in [-0.2, -0.15) is 0 Å². The molecule has 8 nitrogen and oxygen atoms in total. The Labute approximate surface area is 161 Å². The van der Waals surface area contributed by atoms with Gasteiger partial charge in [0.1, 0.15) is 12.0 Å². The second-order valence-electron chi connectivity index (χ2n) is 5.44. The smallest absolute Gasteiger partial charge is 0.217 e. The van der Waals surface area contributed by atoms with Crippen LogP contribution in [0.15, 0.2) is 40.0 Å². The molecule has 26 heavy (non-hydrogen) atoms. The molecule has 0 saturated carbocycles. The van der Waals surface area contributed by atoms with E-state index in [1.807, 2.05) is 6.92 Å². The molecule has 0 amide bonds. The zero-order valence-electron chi connectivity index (χ0n) is 13.9. The van der Waals surface area contributed by atoms with E-state index in [9.17, 15) is 8.42 Å². The average Bonchev–Trinajstić information content (AvgIpc) is 3.03. The van der Waals surface area contributed by atoms with Crippen molar-refractivity contribution >= 4 is 39.2 Å². The molecule has 0 aliphatic carbocycles. The Morgan fingerprint density at radius 2 is 2.15 bits per heavy atom. The third kappa shape index (κ3) is 6.49. The fourth-order valence-electron chi connectivity index (χ4n) is 2.13. The molecule has 11 heteroatoms. The Hall–Kier alpha value is -1.81. The van der Waals surface area contributed by atoms with E-state index < -0.39 is 10.0 Å². The van der Waals surface area contributed by atoms with Crippen LogP contribution in [-0.4, -0.2) is 32.6 Å². The minimum atomic E-state index is -3.51. The van der Waals surface area contributed by atoms with Gasteiger partial charge in [-0.25, -0.2) is 13.1 Å². The average molecular weight is 420 g/mol. The first-order valence-electron chi connectivity index (χ1n) is 7.65. The lowest BCUT2D eigenvalue weighted by Gasteiger charge is -2.16. The molecule has 0 radical (unpaired) electrons. The van der Waals surface area contributed by atoms with Crippen LogP contribution in [0.1, 0.15) is 24.2 Å². The fraction of sp³-hybridized carbons (Fsp3) is 0.333. The third-order valence-electron chi connectivity index (χ3n) is 3.34. The van der Waals surface area contributed by atoms with Crippen LogP contribution in [-0.2, 0) is 15.8 Å². The van der Waals surface area contributed by atoms with Crippen LogP contribution in [0.25, 0.3) is 0 Å². The van der Waals surface area contributed by atoms with Crippen molar-refractivity contribution in [2.75, 3.05) is 13.1 Å². The summed E-state index contributed by atoms with van der Waals surface area (Å²) >= 11 is 12.0. The fourth-order valence-corrected chi connectivity index (χ4v) is 3.75. The minimum absolute atomic E-state index is 0.110. The van der Waals surface area contributed by atoms with Crippen LogP contribution in [0.4, 0.5) is 0 Å². The molecule has 1 aromatic carbocycles. The zero-order valence-corrected chi connectivity index (χ0v) is 16.3. The monoisotopic (exact) mass is 419 g/mol. The Kier molecular flexibility index (Phi) is 7.27. The number of aromatic nitrogens is 1. The summed E-state index contributed by atoms with van der Waals surface area (Å²) in [6, 6.07) is 6.48. The Balaban J connectivity index is 1.80. The van der Waals surface area contributed by atoms with Crippen molar-refractivity contribution in [2.45, 2.75) is 18.7 Å². The maximum atomic E-state index is 11.9. The van der Waals surface area contributed by atoms with Gasteiger partial charge in [0.05, 0.1) is 18.3 Å². The van der Waals surface area contributed by atoms with Gasteiger partial charge in [0.2, 0.25) is 10.0 Å². The maximum absolute atomic E-state index is 11.9. The molecule has 2 rings (SSSR count). The van der Waals surface area contributed by atoms with Gasteiger partial charge in [-0.15, -0.1) is 0 Å². The van der Waals surface area contributed by atoms with Crippen molar-refractivity contribution in [1.82, 2.24) is 15.2 Å². The van der Waals surface area contributed by atoms with Gasteiger partial charge in [-0.3, -0.25) is 4.99 Å². The zero-order chi connectivity index (χ0) is 19.2. The third-order valence-corrected chi connectivity index (χ3v) is 5.22. The molecule has 0 fully saturated rings. The van der Waals surface area contributed by atoms with E-state index in [2.05, 4.69) is 24.7 Å². The van der Waals surface area contributed by atoms with Gasteiger partial charge in [0.15, 0.2) is 5.96 Å². The standard InChI is InChI=1S/C15H19Cl2N5O3S/c1-10(13-3-2-11(16)8-14(13)17)21-15(18)19-5-6-20-26(23,24)9-12-4-7-25-22-12/h2-4,7-8,10,20H,5-6,9H2,1H3,(H3,18,19,21). The quantitative estimate of drug-likeness (QED) is 0.341. The predicted molar refractivity (Wildman–Crippen MR) is 102 cm³/mol. The number of nitrogens with two attached hydrogens (primary N) is 1. The van der Waals surface area contributed by atoms with Crippen molar-refractivity contribution in [3.63, 3.8) is 0 Å². The number of nitrogens with zero attached hydrogens (tertiary/aromatic N) is 2. The summed E-state index contributed by atoms with van der Waals surface area (Å²) in [5, 5.41) is 7.62. The van der Waals surface area contributed by atoms with Crippen LogP contribution in [0.5, 0.6) is 0 Å². The SMILES string of the molecule is CC(NC(N)=NCCNS(=O)(=O)Cc1ccon1)c1ccc(Cl)cc1Cl. The molecule has 0 aliphatic rings. The normalized spacial score (nSPS) is 13.6. The molecule has 0 spiro atoms. The molecule has 0 saturated heterocycles. The second kappa shape index (κ2) is 9.22. The van der Waals surface area contributed by atoms with Crippen LogP contribution < -0.4 is 15.8 Å². The summed E-state index contributed by atoms with van der Waals surface area (Å²) in [6.45, 7) is 2.16. The van der Waals surface area contributed by atoms with Crippen LogP contribution in [0, 0.1) is 0 Å². The molecular weight excluding hydrogens is 401 g/mol. The van der Waals surface area contributed by atoms with Gasteiger partial charge in [-0.05, 0) is 24.6 Å². The molecule has 1 heterocycles. The van der Waals surface area contributed by atoms with E-state index in [0.717, 1.165) is 5.56 Å². The highest BCUT2D eigenvalue weighted by molar-refractivity contribution is 7.88. The maximum Gasteiger partial charge on any atom is 0.217 e. The van der Waals surface area contributed by atoms with Crippen LogP contribution in [0.2, 0.25) is 10.0 Å². The molecule has 1 aromatic heterocycles. The van der Waals surface area contributed by atoms with E-state index in [1.54, 1.807) is 18.2 Å². The summed E-state index contributed by atoms with van der Waals surface area (Å²) in [5.74, 6) is -0.0771. The molecule has 1 unspecified atom stereocenters. The number of nitrogens with one attached hydrogen (secondary N) is 2. The first kappa shape index (κ1) is 20.5. The molecule has 1 atom stereocenters.